The summed E-state index contributed by atoms with van der Waals surface area (Å²) in [6.07, 6.45) is 5.41. The summed E-state index contributed by atoms with van der Waals surface area (Å²) in [5.74, 6) is -1.53. The van der Waals surface area contributed by atoms with Gasteiger partial charge < -0.3 is 20.5 Å². The number of ether oxygens (including phenoxy) is 2. The molecule has 0 aromatic heterocycles. The second kappa shape index (κ2) is 11.8. The molecule has 1 heterocycles. The zero-order valence-electron chi connectivity index (χ0n) is 22.9. The van der Waals surface area contributed by atoms with Gasteiger partial charge in [0.1, 0.15) is 11.6 Å². The topological polar surface area (TPSA) is 73.6 Å². The Bertz CT molecular complexity index is 1390. The summed E-state index contributed by atoms with van der Waals surface area (Å²) < 4.78 is 43.6. The van der Waals surface area contributed by atoms with E-state index in [0.29, 0.717) is 30.5 Å². The summed E-state index contributed by atoms with van der Waals surface area (Å²) >= 11 is 6.56. The number of rotatable bonds is 9. The normalized spacial score (nSPS) is 22.0. The lowest BCUT2D eigenvalue weighted by atomic mass is 9.84. The molecule has 40 heavy (non-hydrogen) atoms. The van der Waals surface area contributed by atoms with Crippen LogP contribution in [0, 0.1) is 17.6 Å². The van der Waals surface area contributed by atoms with E-state index in [-0.39, 0.29) is 46.2 Å². The van der Waals surface area contributed by atoms with Crippen molar-refractivity contribution in [2.24, 2.45) is 11.7 Å². The lowest BCUT2D eigenvalue weighted by molar-refractivity contribution is 0.0845. The molecular weight excluding hydrogens is 534 g/mol. The molecule has 0 unspecified atom stereocenters. The first-order valence-corrected chi connectivity index (χ1v) is 14.4. The Morgan fingerprint density at radius 2 is 1.85 bits per heavy atom. The minimum atomic E-state index is -0.891. The first-order chi connectivity index (χ1) is 19.2. The highest BCUT2D eigenvalue weighted by molar-refractivity contribution is 6.34. The van der Waals surface area contributed by atoms with Gasteiger partial charge in [-0.05, 0) is 55.7 Å². The van der Waals surface area contributed by atoms with Gasteiger partial charge in [0, 0.05) is 41.8 Å². The van der Waals surface area contributed by atoms with Crippen LogP contribution in [-0.2, 0) is 12.0 Å². The predicted molar refractivity (Wildman–Crippen MR) is 153 cm³/mol. The fourth-order valence-electron chi connectivity index (χ4n) is 5.91. The van der Waals surface area contributed by atoms with Crippen molar-refractivity contribution in [2.45, 2.75) is 64.0 Å². The summed E-state index contributed by atoms with van der Waals surface area (Å²) in [6.45, 7) is 4.91. The van der Waals surface area contributed by atoms with E-state index >= 15 is 8.78 Å². The zero-order chi connectivity index (χ0) is 28.4. The van der Waals surface area contributed by atoms with E-state index in [2.05, 4.69) is 12.2 Å². The smallest absolute Gasteiger partial charge is 0.249 e. The van der Waals surface area contributed by atoms with Gasteiger partial charge in [0.25, 0.3) is 0 Å². The molecule has 3 aromatic carbocycles. The maximum Gasteiger partial charge on any atom is 0.249 e. The van der Waals surface area contributed by atoms with E-state index < -0.39 is 23.1 Å². The average molecular weight is 569 g/mol. The van der Waals surface area contributed by atoms with Crippen molar-refractivity contribution in [3.8, 4) is 22.6 Å². The minimum absolute atomic E-state index is 0.0580. The van der Waals surface area contributed by atoms with Gasteiger partial charge in [0.2, 0.25) is 5.91 Å². The van der Waals surface area contributed by atoms with Gasteiger partial charge in [-0.1, -0.05) is 55.8 Å². The minimum Gasteiger partial charge on any atom is -0.491 e. The number of hydrogen-bond donors (Lipinski definition) is 2. The van der Waals surface area contributed by atoms with Crippen molar-refractivity contribution in [3.05, 3.63) is 81.9 Å². The molecule has 8 heteroatoms. The molecule has 212 valence electrons. The van der Waals surface area contributed by atoms with E-state index in [1.165, 1.54) is 18.2 Å². The molecule has 3 N–H and O–H groups in total. The molecule has 1 aliphatic heterocycles. The van der Waals surface area contributed by atoms with E-state index in [9.17, 15) is 4.79 Å². The van der Waals surface area contributed by atoms with Gasteiger partial charge in [-0.2, -0.15) is 0 Å². The zero-order valence-corrected chi connectivity index (χ0v) is 23.6. The van der Waals surface area contributed by atoms with Crippen molar-refractivity contribution >= 4 is 17.5 Å². The third-order valence-corrected chi connectivity index (χ3v) is 8.50. The molecule has 0 spiro atoms. The third kappa shape index (κ3) is 5.41. The van der Waals surface area contributed by atoms with E-state index in [4.69, 9.17) is 26.8 Å². The molecule has 1 atom stereocenters. The van der Waals surface area contributed by atoms with Crippen LogP contribution in [0.15, 0.2) is 48.5 Å². The van der Waals surface area contributed by atoms with Crippen LogP contribution in [-0.4, -0.2) is 25.1 Å². The van der Waals surface area contributed by atoms with Crippen LogP contribution >= 0.6 is 11.6 Å². The molecule has 1 aliphatic carbocycles. The van der Waals surface area contributed by atoms with Gasteiger partial charge in [-0.25, -0.2) is 8.78 Å². The number of carbonyl (C=O) groups excluding carboxylic acids is 1. The molecule has 0 saturated heterocycles. The number of carbonyl (C=O) groups is 1. The molecule has 3 aromatic rings. The Balaban J connectivity index is 1.62. The van der Waals surface area contributed by atoms with Crippen molar-refractivity contribution < 1.29 is 23.0 Å². The SMILES string of the molecule is CCCOc1ccc(C(N)=O)c(-c2c(Cl)c(F)cc3c2C[C@@](CNC2CCC(C)CC2)(c2ccccc2)O3)c1F. The second-order valence-electron chi connectivity index (χ2n) is 11.0. The lowest BCUT2D eigenvalue weighted by Crippen LogP contribution is -2.46. The summed E-state index contributed by atoms with van der Waals surface area (Å²) in [5, 5.41) is 3.40. The van der Waals surface area contributed by atoms with Gasteiger partial charge in [0.15, 0.2) is 17.2 Å². The highest BCUT2D eigenvalue weighted by Gasteiger charge is 2.44. The Hall–Kier alpha value is -3.16. The van der Waals surface area contributed by atoms with Crippen molar-refractivity contribution in [1.29, 1.82) is 0 Å². The monoisotopic (exact) mass is 568 g/mol. The van der Waals surface area contributed by atoms with Crippen LogP contribution in [0.4, 0.5) is 8.78 Å². The first-order valence-electron chi connectivity index (χ1n) is 14.0. The molecule has 1 fully saturated rings. The number of hydrogen-bond acceptors (Lipinski definition) is 4. The maximum absolute atomic E-state index is 16.1. The summed E-state index contributed by atoms with van der Waals surface area (Å²) in [5.41, 5.74) is 5.97. The standard InChI is InChI=1S/C32H35ClF2N2O3/c1-3-15-39-25-14-13-22(31(36)38)28(30(25)35)27-23-17-32(20-7-5-4-6-8-20,40-26(23)16-24(34)29(27)33)18-37-21-11-9-19(2)10-12-21/h4-8,13-14,16,19,21,37H,3,9-12,15,17-18H2,1-2H3,(H2,36,38)/t19?,21?,32-/m1/s1. The summed E-state index contributed by atoms with van der Waals surface area (Å²) in [7, 11) is 0. The van der Waals surface area contributed by atoms with E-state index in [1.807, 2.05) is 37.3 Å². The molecule has 0 bridgehead atoms. The van der Waals surface area contributed by atoms with Crippen LogP contribution in [0.1, 0.15) is 67.4 Å². The molecule has 0 radical (unpaired) electrons. The maximum atomic E-state index is 16.1. The number of fused-ring (bicyclic) bond motifs is 1. The van der Waals surface area contributed by atoms with E-state index in [1.54, 1.807) is 0 Å². The second-order valence-corrected chi connectivity index (χ2v) is 11.4. The van der Waals surface area contributed by atoms with Crippen LogP contribution < -0.4 is 20.5 Å². The number of nitrogens with two attached hydrogens (primary N) is 1. The van der Waals surface area contributed by atoms with Crippen molar-refractivity contribution in [2.75, 3.05) is 13.2 Å². The molecule has 1 amide bonds. The Morgan fingerprint density at radius 1 is 1.12 bits per heavy atom. The summed E-state index contributed by atoms with van der Waals surface area (Å²) in [6, 6.07) is 14.1. The van der Waals surface area contributed by atoms with Gasteiger partial charge in [-0.3, -0.25) is 4.79 Å². The largest absolute Gasteiger partial charge is 0.491 e. The molecule has 1 saturated carbocycles. The van der Waals surface area contributed by atoms with Crippen molar-refractivity contribution in [1.82, 2.24) is 5.32 Å². The van der Waals surface area contributed by atoms with Gasteiger partial charge in [-0.15, -0.1) is 0 Å². The van der Waals surface area contributed by atoms with Crippen molar-refractivity contribution in [3.63, 3.8) is 0 Å². The van der Waals surface area contributed by atoms with Crippen LogP contribution in [0.2, 0.25) is 5.02 Å². The van der Waals surface area contributed by atoms with Gasteiger partial charge >= 0.3 is 0 Å². The molecule has 5 rings (SSSR count). The van der Waals surface area contributed by atoms with Crippen LogP contribution in [0.25, 0.3) is 11.1 Å². The molecule has 2 aliphatic rings. The summed E-state index contributed by atoms with van der Waals surface area (Å²) in [4.78, 5) is 12.5. The number of benzene rings is 3. The molecule has 5 nitrogen and oxygen atoms in total. The lowest BCUT2D eigenvalue weighted by Gasteiger charge is -2.34. The number of primary amides is 1. The Morgan fingerprint density at radius 3 is 2.52 bits per heavy atom. The number of amides is 1. The first kappa shape index (κ1) is 28.4. The van der Waals surface area contributed by atoms with Crippen LogP contribution in [0.5, 0.6) is 11.5 Å². The fraction of sp³-hybridized carbons (Fsp3) is 0.406. The average Bonchev–Trinajstić information content (AvgIpc) is 3.32. The number of nitrogens with one attached hydrogen (secondary N) is 1. The highest BCUT2D eigenvalue weighted by Crippen LogP contribution is 2.50. The molecular formula is C32H35ClF2N2O3. The number of halogens is 3. The quantitative estimate of drug-likeness (QED) is 0.287. The van der Waals surface area contributed by atoms with Gasteiger partial charge in [0.05, 0.1) is 17.2 Å². The van der Waals surface area contributed by atoms with Crippen LogP contribution in [0.3, 0.4) is 0 Å². The predicted octanol–water partition coefficient (Wildman–Crippen LogP) is 7.17. The fourth-order valence-corrected chi connectivity index (χ4v) is 6.17. The Labute approximate surface area is 239 Å². The Kier molecular flexibility index (Phi) is 8.34. The third-order valence-electron chi connectivity index (χ3n) is 8.13. The van der Waals surface area contributed by atoms with E-state index in [0.717, 1.165) is 31.2 Å². The highest BCUT2D eigenvalue weighted by atomic mass is 35.5.